The van der Waals surface area contributed by atoms with E-state index in [0.717, 1.165) is 24.1 Å². The zero-order valence-electron chi connectivity index (χ0n) is 14.0. The molecule has 3 aromatic rings. The fourth-order valence-corrected chi connectivity index (χ4v) is 3.08. The van der Waals surface area contributed by atoms with Gasteiger partial charge in [-0.3, -0.25) is 4.79 Å². The zero-order chi connectivity index (χ0) is 17.5. The molecule has 2 aromatic carbocycles. The maximum absolute atomic E-state index is 12.0. The molecule has 25 heavy (non-hydrogen) atoms. The molecular formula is C19H20N4OS. The number of anilines is 1. The Balaban J connectivity index is 1.57. The number of aromatic nitrogens is 3. The van der Waals surface area contributed by atoms with Crippen LogP contribution in [0.5, 0.6) is 0 Å². The zero-order valence-corrected chi connectivity index (χ0v) is 14.8. The Hall–Kier alpha value is -2.60. The molecule has 0 unspecified atom stereocenters. The first-order valence-corrected chi connectivity index (χ1v) is 9.21. The molecule has 0 fully saturated rings. The second kappa shape index (κ2) is 8.48. The third-order valence-electron chi connectivity index (χ3n) is 3.73. The van der Waals surface area contributed by atoms with Crippen LogP contribution in [0.3, 0.4) is 0 Å². The van der Waals surface area contributed by atoms with Crippen molar-refractivity contribution in [1.29, 1.82) is 0 Å². The van der Waals surface area contributed by atoms with Crippen LogP contribution < -0.4 is 5.32 Å². The molecule has 0 aliphatic heterocycles. The first-order valence-electron chi connectivity index (χ1n) is 8.22. The molecule has 128 valence electrons. The van der Waals surface area contributed by atoms with Gasteiger partial charge in [-0.25, -0.2) is 0 Å². The Morgan fingerprint density at radius 1 is 1.08 bits per heavy atom. The summed E-state index contributed by atoms with van der Waals surface area (Å²) < 4.78 is 0. The minimum absolute atomic E-state index is 0.0712. The van der Waals surface area contributed by atoms with Crippen molar-refractivity contribution >= 4 is 23.4 Å². The van der Waals surface area contributed by atoms with E-state index in [2.05, 4.69) is 51.7 Å². The Kier molecular flexibility index (Phi) is 5.85. The quantitative estimate of drug-likeness (QED) is 0.627. The predicted molar refractivity (Wildman–Crippen MR) is 102 cm³/mol. The third-order valence-corrected chi connectivity index (χ3v) is 4.61. The molecular weight excluding hydrogens is 332 g/mol. The standard InChI is InChI=1S/C19H20N4OS/c1-2-3-14-4-6-15(7-5-14)16-8-10-17(11-9-16)22-18(24)12-25-19-20-13-21-23-19/h4-11,13H,2-3,12H2,1H3,(H,22,24)(H,20,21,23). The number of benzene rings is 2. The molecule has 5 nitrogen and oxygen atoms in total. The SMILES string of the molecule is CCCc1ccc(-c2ccc(NC(=O)CSc3nnc[nH]3)cc2)cc1. The summed E-state index contributed by atoms with van der Waals surface area (Å²) in [5.41, 5.74) is 4.46. The Bertz CT molecular complexity index is 798. The Morgan fingerprint density at radius 3 is 2.36 bits per heavy atom. The number of nitrogens with zero attached hydrogens (tertiary/aromatic N) is 2. The van der Waals surface area contributed by atoms with Crippen LogP contribution in [0.25, 0.3) is 11.1 Å². The van der Waals surface area contributed by atoms with Crippen LogP contribution in [0, 0.1) is 0 Å². The number of aromatic amines is 1. The average molecular weight is 352 g/mol. The smallest absolute Gasteiger partial charge is 0.234 e. The van der Waals surface area contributed by atoms with Crippen molar-refractivity contribution in [3.63, 3.8) is 0 Å². The fraction of sp³-hybridized carbons (Fsp3) is 0.211. The van der Waals surface area contributed by atoms with Crippen molar-refractivity contribution < 1.29 is 4.79 Å². The summed E-state index contributed by atoms with van der Waals surface area (Å²) in [4.78, 5) is 14.8. The molecule has 1 aromatic heterocycles. The molecule has 1 amide bonds. The van der Waals surface area contributed by atoms with E-state index in [1.807, 2.05) is 24.3 Å². The number of aryl methyl sites for hydroxylation is 1. The number of nitrogens with one attached hydrogen (secondary N) is 2. The molecule has 3 rings (SSSR count). The summed E-state index contributed by atoms with van der Waals surface area (Å²) in [7, 11) is 0. The van der Waals surface area contributed by atoms with E-state index < -0.39 is 0 Å². The summed E-state index contributed by atoms with van der Waals surface area (Å²) in [6, 6.07) is 16.5. The van der Waals surface area contributed by atoms with Crippen LogP contribution >= 0.6 is 11.8 Å². The molecule has 1 heterocycles. The molecule has 0 aliphatic rings. The largest absolute Gasteiger partial charge is 0.325 e. The van der Waals surface area contributed by atoms with Gasteiger partial charge >= 0.3 is 0 Å². The number of carbonyl (C=O) groups excluding carboxylic acids is 1. The molecule has 0 atom stereocenters. The lowest BCUT2D eigenvalue weighted by molar-refractivity contribution is -0.113. The third kappa shape index (κ3) is 4.93. The van der Waals surface area contributed by atoms with Crippen molar-refractivity contribution in [3.05, 3.63) is 60.4 Å². The van der Waals surface area contributed by atoms with Gasteiger partial charge < -0.3 is 10.3 Å². The van der Waals surface area contributed by atoms with Crippen LogP contribution in [0.1, 0.15) is 18.9 Å². The highest BCUT2D eigenvalue weighted by Crippen LogP contribution is 2.22. The van der Waals surface area contributed by atoms with Crippen molar-refractivity contribution in [2.24, 2.45) is 0 Å². The number of hydrogen-bond donors (Lipinski definition) is 2. The summed E-state index contributed by atoms with van der Waals surface area (Å²) in [5, 5.41) is 11.0. The molecule has 0 bridgehead atoms. The first-order chi connectivity index (χ1) is 12.2. The summed E-state index contributed by atoms with van der Waals surface area (Å²) in [6.07, 6.45) is 3.76. The number of amides is 1. The van der Waals surface area contributed by atoms with Crippen molar-refractivity contribution in [1.82, 2.24) is 15.2 Å². The number of thioether (sulfide) groups is 1. The van der Waals surface area contributed by atoms with E-state index in [1.165, 1.54) is 29.2 Å². The monoisotopic (exact) mass is 352 g/mol. The van der Waals surface area contributed by atoms with Gasteiger partial charge in [-0.15, -0.1) is 10.2 Å². The van der Waals surface area contributed by atoms with E-state index >= 15 is 0 Å². The van der Waals surface area contributed by atoms with E-state index in [0.29, 0.717) is 5.16 Å². The number of carbonyl (C=O) groups is 1. The van der Waals surface area contributed by atoms with Crippen LogP contribution in [0.15, 0.2) is 60.0 Å². The number of rotatable bonds is 7. The topological polar surface area (TPSA) is 70.7 Å². The molecule has 6 heteroatoms. The second-order valence-corrected chi connectivity index (χ2v) is 6.62. The molecule has 0 saturated carbocycles. The second-order valence-electron chi connectivity index (χ2n) is 5.66. The minimum atomic E-state index is -0.0712. The normalized spacial score (nSPS) is 10.6. The van der Waals surface area contributed by atoms with Gasteiger partial charge in [0.25, 0.3) is 0 Å². The predicted octanol–water partition coefficient (Wildman–Crippen LogP) is 4.16. The van der Waals surface area contributed by atoms with Crippen LogP contribution in [-0.2, 0) is 11.2 Å². The maximum Gasteiger partial charge on any atom is 0.234 e. The van der Waals surface area contributed by atoms with Gasteiger partial charge in [0.05, 0.1) is 5.75 Å². The van der Waals surface area contributed by atoms with Gasteiger partial charge in [-0.1, -0.05) is 61.5 Å². The lowest BCUT2D eigenvalue weighted by Crippen LogP contribution is -2.14. The van der Waals surface area contributed by atoms with Crippen molar-refractivity contribution in [3.8, 4) is 11.1 Å². The number of H-pyrrole nitrogens is 1. The molecule has 0 aliphatic carbocycles. The van der Waals surface area contributed by atoms with E-state index in [9.17, 15) is 4.79 Å². The first kappa shape index (κ1) is 17.2. The lowest BCUT2D eigenvalue weighted by Gasteiger charge is -2.07. The summed E-state index contributed by atoms with van der Waals surface area (Å²) in [6.45, 7) is 2.19. The average Bonchev–Trinajstić information content (AvgIpc) is 3.15. The highest BCUT2D eigenvalue weighted by molar-refractivity contribution is 7.99. The lowest BCUT2D eigenvalue weighted by atomic mass is 10.0. The molecule has 0 spiro atoms. The Labute approximate surface area is 151 Å². The van der Waals surface area contributed by atoms with Crippen LogP contribution in [0.4, 0.5) is 5.69 Å². The van der Waals surface area contributed by atoms with E-state index in [1.54, 1.807) is 0 Å². The molecule has 0 saturated heterocycles. The highest BCUT2D eigenvalue weighted by Gasteiger charge is 2.06. The van der Waals surface area contributed by atoms with Crippen molar-refractivity contribution in [2.75, 3.05) is 11.1 Å². The van der Waals surface area contributed by atoms with E-state index in [4.69, 9.17) is 0 Å². The van der Waals surface area contributed by atoms with Gasteiger partial charge in [0.1, 0.15) is 6.33 Å². The number of hydrogen-bond acceptors (Lipinski definition) is 4. The van der Waals surface area contributed by atoms with Gasteiger partial charge in [-0.2, -0.15) is 0 Å². The summed E-state index contributed by atoms with van der Waals surface area (Å²) >= 11 is 1.32. The molecule has 2 N–H and O–H groups in total. The summed E-state index contributed by atoms with van der Waals surface area (Å²) in [5.74, 6) is 0.216. The van der Waals surface area contributed by atoms with Crippen molar-refractivity contribution in [2.45, 2.75) is 24.9 Å². The van der Waals surface area contributed by atoms with Crippen LogP contribution in [-0.4, -0.2) is 26.8 Å². The van der Waals surface area contributed by atoms with Gasteiger partial charge in [0.2, 0.25) is 5.91 Å². The minimum Gasteiger partial charge on any atom is -0.325 e. The van der Waals surface area contributed by atoms with E-state index in [-0.39, 0.29) is 11.7 Å². The fourth-order valence-electron chi connectivity index (χ4n) is 2.49. The van der Waals surface area contributed by atoms with Crippen LogP contribution in [0.2, 0.25) is 0 Å². The van der Waals surface area contributed by atoms with Gasteiger partial charge in [0, 0.05) is 5.69 Å². The van der Waals surface area contributed by atoms with Gasteiger partial charge in [-0.05, 0) is 35.2 Å². The molecule has 0 radical (unpaired) electrons. The maximum atomic E-state index is 12.0. The highest BCUT2D eigenvalue weighted by atomic mass is 32.2. The Morgan fingerprint density at radius 2 is 1.76 bits per heavy atom. The van der Waals surface area contributed by atoms with Gasteiger partial charge in [0.15, 0.2) is 5.16 Å².